The van der Waals surface area contributed by atoms with Crippen molar-refractivity contribution < 1.29 is 4.42 Å². The molecule has 0 unspecified atom stereocenters. The van der Waals surface area contributed by atoms with Crippen LogP contribution in [0.3, 0.4) is 0 Å². The van der Waals surface area contributed by atoms with Gasteiger partial charge < -0.3 is 14.2 Å². The molecule has 0 spiro atoms. The summed E-state index contributed by atoms with van der Waals surface area (Å²) in [5, 5.41) is 9.65. The molecule has 11 rings (SSSR count). The minimum absolute atomic E-state index is 0.878. The molecule has 54 heavy (non-hydrogen) atoms. The maximum atomic E-state index is 6.63. The Labute approximate surface area is 316 Å². The largest absolute Gasteiger partial charge is 0.454 e. The van der Waals surface area contributed by atoms with Gasteiger partial charge in [0.15, 0.2) is 5.58 Å². The van der Waals surface area contributed by atoms with Crippen LogP contribution in [0, 0.1) is 0 Å². The quantitative estimate of drug-likeness (QED) is 0.171. The van der Waals surface area contributed by atoms with Crippen LogP contribution in [-0.2, 0) is 0 Å². The van der Waals surface area contributed by atoms with Crippen molar-refractivity contribution in [3.05, 3.63) is 194 Å². The Morgan fingerprint density at radius 2 is 0.926 bits per heavy atom. The standard InChI is InChI=1S/C50H32N2OS/c1-3-15-35(16-4-1)51(36-17-5-2-6-18-36)45-22-12-21-43-39(45)29-30-44-41-28-27-38(32-48(41)54-50(43)44)52(37-26-25-33-13-7-8-14-34(33)31-37)46-23-11-20-42-40-19-9-10-24-47(40)53-49(42)46/h1-32H. The van der Waals surface area contributed by atoms with Gasteiger partial charge in [-0.05, 0) is 77.5 Å². The summed E-state index contributed by atoms with van der Waals surface area (Å²) < 4.78 is 9.16. The molecule has 0 radical (unpaired) electrons. The Bertz CT molecular complexity index is 3140. The van der Waals surface area contributed by atoms with Gasteiger partial charge in [0.25, 0.3) is 0 Å². The number of rotatable bonds is 6. The highest BCUT2D eigenvalue weighted by molar-refractivity contribution is 7.26. The van der Waals surface area contributed by atoms with Gasteiger partial charge in [-0.2, -0.15) is 0 Å². The van der Waals surface area contributed by atoms with Crippen LogP contribution in [0.25, 0.3) is 63.7 Å². The van der Waals surface area contributed by atoms with Crippen LogP contribution < -0.4 is 9.80 Å². The van der Waals surface area contributed by atoms with E-state index in [4.69, 9.17) is 4.42 Å². The number of hydrogen-bond acceptors (Lipinski definition) is 4. The number of para-hydroxylation sites is 4. The molecular formula is C50H32N2OS. The third-order valence-electron chi connectivity index (χ3n) is 10.6. The molecule has 0 atom stereocenters. The second kappa shape index (κ2) is 12.4. The summed E-state index contributed by atoms with van der Waals surface area (Å²) in [6.45, 7) is 0. The molecule has 11 aromatic rings. The van der Waals surface area contributed by atoms with Crippen molar-refractivity contribution in [1.82, 2.24) is 0 Å². The van der Waals surface area contributed by atoms with Gasteiger partial charge in [0.2, 0.25) is 0 Å². The number of furan rings is 1. The summed E-state index contributed by atoms with van der Waals surface area (Å²) in [5.74, 6) is 0. The zero-order valence-electron chi connectivity index (χ0n) is 29.2. The molecule has 2 heterocycles. The number of hydrogen-bond donors (Lipinski definition) is 0. The Balaban J connectivity index is 1.11. The van der Waals surface area contributed by atoms with Gasteiger partial charge in [-0.25, -0.2) is 0 Å². The van der Waals surface area contributed by atoms with Gasteiger partial charge >= 0.3 is 0 Å². The minimum Gasteiger partial charge on any atom is -0.454 e. The normalized spacial score (nSPS) is 11.7. The second-order valence-electron chi connectivity index (χ2n) is 13.7. The van der Waals surface area contributed by atoms with E-state index in [2.05, 4.69) is 198 Å². The maximum Gasteiger partial charge on any atom is 0.159 e. The highest BCUT2D eigenvalue weighted by atomic mass is 32.1. The molecule has 0 aliphatic carbocycles. The van der Waals surface area contributed by atoms with Crippen molar-refractivity contribution in [2.45, 2.75) is 0 Å². The van der Waals surface area contributed by atoms with Crippen LogP contribution in [0.1, 0.15) is 0 Å². The molecule has 4 heteroatoms. The van der Waals surface area contributed by atoms with Gasteiger partial charge in [0.05, 0.1) is 11.4 Å². The van der Waals surface area contributed by atoms with Gasteiger partial charge in [-0.15, -0.1) is 11.3 Å². The van der Waals surface area contributed by atoms with Gasteiger partial charge in [-0.1, -0.05) is 127 Å². The number of thiophene rings is 1. The fourth-order valence-electron chi connectivity index (χ4n) is 8.13. The van der Waals surface area contributed by atoms with Crippen LogP contribution in [0.5, 0.6) is 0 Å². The van der Waals surface area contributed by atoms with Gasteiger partial charge in [0, 0.05) is 64.5 Å². The first kappa shape index (κ1) is 30.7. The number of fused-ring (bicyclic) bond motifs is 9. The molecule has 2 aromatic heterocycles. The second-order valence-corrected chi connectivity index (χ2v) is 14.8. The monoisotopic (exact) mass is 708 g/mol. The summed E-state index contributed by atoms with van der Waals surface area (Å²) in [6, 6.07) is 69.6. The third kappa shape index (κ3) is 4.88. The Hall–Kier alpha value is -6.88. The van der Waals surface area contributed by atoms with Crippen molar-refractivity contribution in [2.75, 3.05) is 9.80 Å². The van der Waals surface area contributed by atoms with E-state index in [1.807, 2.05) is 17.4 Å². The first-order valence-corrected chi connectivity index (χ1v) is 19.1. The maximum absolute atomic E-state index is 6.63. The topological polar surface area (TPSA) is 19.6 Å². The van der Waals surface area contributed by atoms with E-state index in [0.29, 0.717) is 0 Å². The van der Waals surface area contributed by atoms with E-state index in [1.54, 1.807) is 0 Å². The van der Waals surface area contributed by atoms with Gasteiger partial charge in [0.1, 0.15) is 5.58 Å². The number of nitrogens with zero attached hydrogens (tertiary/aromatic N) is 2. The molecule has 0 N–H and O–H groups in total. The zero-order valence-corrected chi connectivity index (χ0v) is 30.0. The molecule has 9 aromatic carbocycles. The molecule has 3 nitrogen and oxygen atoms in total. The molecule has 0 aliphatic rings. The molecule has 0 aliphatic heterocycles. The van der Waals surface area contributed by atoms with E-state index in [-0.39, 0.29) is 0 Å². The lowest BCUT2D eigenvalue weighted by atomic mass is 10.0. The molecule has 0 amide bonds. The summed E-state index contributed by atoms with van der Waals surface area (Å²) in [4.78, 5) is 4.72. The van der Waals surface area contributed by atoms with Crippen LogP contribution in [-0.4, -0.2) is 0 Å². The lowest BCUT2D eigenvalue weighted by Gasteiger charge is -2.26. The zero-order chi connectivity index (χ0) is 35.6. The molecule has 0 saturated heterocycles. The molecular weight excluding hydrogens is 677 g/mol. The highest BCUT2D eigenvalue weighted by Gasteiger charge is 2.22. The average Bonchev–Trinajstić information content (AvgIpc) is 3.81. The van der Waals surface area contributed by atoms with Crippen LogP contribution >= 0.6 is 11.3 Å². The molecule has 0 saturated carbocycles. The van der Waals surface area contributed by atoms with Crippen LogP contribution in [0.4, 0.5) is 34.1 Å². The van der Waals surface area contributed by atoms with E-state index < -0.39 is 0 Å². The minimum atomic E-state index is 0.878. The summed E-state index contributed by atoms with van der Waals surface area (Å²) in [5.41, 5.74) is 8.37. The summed E-state index contributed by atoms with van der Waals surface area (Å²) in [7, 11) is 0. The van der Waals surface area contributed by atoms with Crippen molar-refractivity contribution in [3.63, 3.8) is 0 Å². The lowest BCUT2D eigenvalue weighted by Crippen LogP contribution is -2.10. The predicted octanol–water partition coefficient (Wildman–Crippen LogP) is 15.2. The number of anilines is 6. The van der Waals surface area contributed by atoms with E-state index in [0.717, 1.165) is 56.1 Å². The fraction of sp³-hybridized carbons (Fsp3) is 0. The lowest BCUT2D eigenvalue weighted by molar-refractivity contribution is 0.669. The highest BCUT2D eigenvalue weighted by Crippen LogP contribution is 2.47. The van der Waals surface area contributed by atoms with Crippen molar-refractivity contribution in [2.24, 2.45) is 0 Å². The fourth-order valence-corrected chi connectivity index (χ4v) is 9.39. The Morgan fingerprint density at radius 1 is 0.352 bits per heavy atom. The summed E-state index contributed by atoms with van der Waals surface area (Å²) >= 11 is 1.87. The predicted molar refractivity (Wildman–Crippen MR) is 231 cm³/mol. The van der Waals surface area contributed by atoms with Crippen LogP contribution in [0.15, 0.2) is 199 Å². The Morgan fingerprint density at radius 3 is 1.74 bits per heavy atom. The molecule has 0 bridgehead atoms. The van der Waals surface area contributed by atoms with Crippen LogP contribution in [0.2, 0.25) is 0 Å². The van der Waals surface area contributed by atoms with Crippen molar-refractivity contribution in [1.29, 1.82) is 0 Å². The molecule has 254 valence electrons. The average molecular weight is 709 g/mol. The van der Waals surface area contributed by atoms with Gasteiger partial charge in [-0.3, -0.25) is 0 Å². The van der Waals surface area contributed by atoms with E-state index >= 15 is 0 Å². The summed E-state index contributed by atoms with van der Waals surface area (Å²) in [6.07, 6.45) is 0. The first-order chi connectivity index (χ1) is 26.8. The van der Waals surface area contributed by atoms with Crippen molar-refractivity contribution >= 4 is 109 Å². The third-order valence-corrected chi connectivity index (χ3v) is 11.8. The first-order valence-electron chi connectivity index (χ1n) is 18.3. The smallest absolute Gasteiger partial charge is 0.159 e. The van der Waals surface area contributed by atoms with E-state index in [9.17, 15) is 0 Å². The SMILES string of the molecule is c1ccc(N(c2ccccc2)c2cccc3c2ccc2c4ccc(N(c5ccc6ccccc6c5)c5cccc6c5oc5ccccc56)cc4sc32)cc1. The van der Waals surface area contributed by atoms with E-state index in [1.165, 1.54) is 41.7 Å². The van der Waals surface area contributed by atoms with Crippen molar-refractivity contribution in [3.8, 4) is 0 Å². The Kier molecular flexibility index (Phi) is 7.04. The number of benzene rings is 9. The molecule has 0 fully saturated rings.